The molecule has 0 aromatic carbocycles. The zero-order valence-corrected chi connectivity index (χ0v) is 11.5. The Morgan fingerprint density at radius 2 is 2.37 bits per heavy atom. The lowest BCUT2D eigenvalue weighted by molar-refractivity contribution is -0.144. The van der Waals surface area contributed by atoms with Gasteiger partial charge >= 0.3 is 5.97 Å². The SMILES string of the molecule is CCC(C)(NCc1cc(=O)n2ccsc2n1)C(=O)O. The van der Waals surface area contributed by atoms with Crippen LogP contribution >= 0.6 is 11.3 Å². The Balaban J connectivity index is 2.22. The predicted molar refractivity (Wildman–Crippen MR) is 72.5 cm³/mol. The van der Waals surface area contributed by atoms with Crippen molar-refractivity contribution in [3.63, 3.8) is 0 Å². The van der Waals surface area contributed by atoms with Crippen molar-refractivity contribution < 1.29 is 9.90 Å². The summed E-state index contributed by atoms with van der Waals surface area (Å²) in [6.45, 7) is 3.66. The number of carboxylic acids is 1. The predicted octanol–water partition coefficient (Wildman–Crippen LogP) is 1.10. The minimum absolute atomic E-state index is 0.156. The normalized spacial score (nSPS) is 14.4. The number of fused-ring (bicyclic) bond motifs is 1. The molecule has 2 aromatic heterocycles. The summed E-state index contributed by atoms with van der Waals surface area (Å²) in [5, 5.41) is 13.9. The van der Waals surface area contributed by atoms with Gasteiger partial charge in [-0.05, 0) is 13.3 Å². The van der Waals surface area contributed by atoms with Crippen LogP contribution in [0.4, 0.5) is 0 Å². The molecule has 0 radical (unpaired) electrons. The van der Waals surface area contributed by atoms with Crippen molar-refractivity contribution in [2.45, 2.75) is 32.4 Å². The molecule has 102 valence electrons. The van der Waals surface area contributed by atoms with Crippen LogP contribution in [0.25, 0.3) is 4.96 Å². The maximum Gasteiger partial charge on any atom is 0.323 e. The molecule has 0 amide bonds. The van der Waals surface area contributed by atoms with E-state index < -0.39 is 11.5 Å². The van der Waals surface area contributed by atoms with E-state index in [0.29, 0.717) is 17.1 Å². The van der Waals surface area contributed by atoms with Gasteiger partial charge in [-0.3, -0.25) is 19.3 Å². The number of aromatic nitrogens is 2. The molecule has 0 bridgehead atoms. The van der Waals surface area contributed by atoms with Crippen LogP contribution in [0.5, 0.6) is 0 Å². The van der Waals surface area contributed by atoms with Crippen LogP contribution in [0.1, 0.15) is 26.0 Å². The van der Waals surface area contributed by atoms with Gasteiger partial charge < -0.3 is 5.11 Å². The van der Waals surface area contributed by atoms with Gasteiger partial charge in [0.25, 0.3) is 5.56 Å². The fourth-order valence-electron chi connectivity index (χ4n) is 1.62. The standard InChI is InChI=1S/C12H15N3O3S/c1-3-12(2,10(17)18)13-7-8-6-9(16)15-4-5-19-11(15)14-8/h4-6,13H,3,7H2,1-2H3,(H,17,18). The Kier molecular flexibility index (Phi) is 3.68. The first-order chi connectivity index (χ1) is 8.96. The first-order valence-corrected chi connectivity index (χ1v) is 6.78. The van der Waals surface area contributed by atoms with Crippen molar-refractivity contribution in [1.29, 1.82) is 0 Å². The first-order valence-electron chi connectivity index (χ1n) is 5.90. The topological polar surface area (TPSA) is 83.7 Å². The lowest BCUT2D eigenvalue weighted by Crippen LogP contribution is -2.48. The fraction of sp³-hybridized carbons (Fsp3) is 0.417. The highest BCUT2D eigenvalue weighted by atomic mass is 32.1. The molecule has 2 aromatic rings. The zero-order valence-electron chi connectivity index (χ0n) is 10.7. The van der Waals surface area contributed by atoms with E-state index in [1.165, 1.54) is 21.8 Å². The van der Waals surface area contributed by atoms with Crippen molar-refractivity contribution in [3.8, 4) is 0 Å². The second-order valence-electron chi connectivity index (χ2n) is 4.49. The summed E-state index contributed by atoms with van der Waals surface area (Å²) in [7, 11) is 0. The van der Waals surface area contributed by atoms with Crippen molar-refractivity contribution in [3.05, 3.63) is 33.7 Å². The smallest absolute Gasteiger partial charge is 0.323 e. The number of nitrogens with zero attached hydrogens (tertiary/aromatic N) is 2. The zero-order chi connectivity index (χ0) is 14.0. The molecule has 1 atom stereocenters. The average Bonchev–Trinajstić information content (AvgIpc) is 2.84. The second-order valence-corrected chi connectivity index (χ2v) is 5.36. The fourth-order valence-corrected chi connectivity index (χ4v) is 2.35. The molecule has 0 saturated carbocycles. The van der Waals surface area contributed by atoms with E-state index in [2.05, 4.69) is 10.3 Å². The number of thiazole rings is 1. The third kappa shape index (κ3) is 2.66. The lowest BCUT2D eigenvalue weighted by atomic mass is 9.99. The molecule has 2 heterocycles. The molecule has 0 aliphatic rings. The molecule has 0 spiro atoms. The van der Waals surface area contributed by atoms with Gasteiger partial charge in [-0.15, -0.1) is 11.3 Å². The summed E-state index contributed by atoms with van der Waals surface area (Å²) >= 11 is 1.37. The molecule has 0 fully saturated rings. The van der Waals surface area contributed by atoms with Gasteiger partial charge in [0, 0.05) is 24.2 Å². The summed E-state index contributed by atoms with van der Waals surface area (Å²) in [6.07, 6.45) is 2.11. The van der Waals surface area contributed by atoms with Crippen LogP contribution in [0.3, 0.4) is 0 Å². The minimum Gasteiger partial charge on any atom is -0.480 e. The Bertz CT molecular complexity index is 664. The second kappa shape index (κ2) is 5.10. The molecule has 6 nitrogen and oxygen atoms in total. The van der Waals surface area contributed by atoms with Crippen LogP contribution in [0.2, 0.25) is 0 Å². The van der Waals surface area contributed by atoms with Crippen LogP contribution in [-0.4, -0.2) is 26.0 Å². The molecule has 2 rings (SSSR count). The highest BCUT2D eigenvalue weighted by Gasteiger charge is 2.30. The van der Waals surface area contributed by atoms with Gasteiger partial charge in [0.1, 0.15) is 5.54 Å². The highest BCUT2D eigenvalue weighted by Crippen LogP contribution is 2.11. The van der Waals surface area contributed by atoms with Crippen LogP contribution in [0.15, 0.2) is 22.4 Å². The van der Waals surface area contributed by atoms with Crippen molar-refractivity contribution in [1.82, 2.24) is 14.7 Å². The highest BCUT2D eigenvalue weighted by molar-refractivity contribution is 7.15. The van der Waals surface area contributed by atoms with Gasteiger partial charge in [-0.25, -0.2) is 4.98 Å². The number of aliphatic carboxylic acids is 1. The summed E-state index contributed by atoms with van der Waals surface area (Å²) in [5.41, 5.74) is -0.618. The van der Waals surface area contributed by atoms with Crippen molar-refractivity contribution >= 4 is 22.3 Å². The van der Waals surface area contributed by atoms with E-state index in [-0.39, 0.29) is 12.1 Å². The number of carbonyl (C=O) groups is 1. The molecule has 0 aliphatic carbocycles. The van der Waals surface area contributed by atoms with E-state index in [0.717, 1.165) is 0 Å². The molecule has 19 heavy (non-hydrogen) atoms. The summed E-state index contributed by atoms with van der Waals surface area (Å²) in [4.78, 5) is 27.9. The van der Waals surface area contributed by atoms with Crippen molar-refractivity contribution in [2.75, 3.05) is 0 Å². The first kappa shape index (κ1) is 13.7. The summed E-state index contributed by atoms with van der Waals surface area (Å²) in [5.74, 6) is -0.913. The molecule has 1 unspecified atom stereocenters. The Hall–Kier alpha value is -1.73. The quantitative estimate of drug-likeness (QED) is 0.857. The van der Waals surface area contributed by atoms with E-state index in [1.54, 1.807) is 25.4 Å². The summed E-state index contributed by atoms with van der Waals surface area (Å²) in [6, 6.07) is 1.42. The molecule has 2 N–H and O–H groups in total. The third-order valence-corrected chi connectivity index (χ3v) is 3.95. The van der Waals surface area contributed by atoms with Crippen LogP contribution < -0.4 is 10.9 Å². The van der Waals surface area contributed by atoms with E-state index in [1.807, 2.05) is 0 Å². The minimum atomic E-state index is -1.01. The molecule has 0 aliphatic heterocycles. The Labute approximate surface area is 113 Å². The monoisotopic (exact) mass is 281 g/mol. The summed E-state index contributed by atoms with van der Waals surface area (Å²) < 4.78 is 1.46. The number of hydrogen-bond donors (Lipinski definition) is 2. The third-order valence-electron chi connectivity index (χ3n) is 3.20. The molecule has 0 saturated heterocycles. The van der Waals surface area contributed by atoms with Gasteiger partial charge in [0.2, 0.25) is 0 Å². The van der Waals surface area contributed by atoms with Gasteiger partial charge in [-0.1, -0.05) is 6.92 Å². The maximum atomic E-state index is 11.8. The van der Waals surface area contributed by atoms with Gasteiger partial charge in [0.05, 0.1) is 5.69 Å². The molecule has 7 heteroatoms. The number of carboxylic acid groups (broad SMARTS) is 1. The number of hydrogen-bond acceptors (Lipinski definition) is 5. The van der Waals surface area contributed by atoms with E-state index in [9.17, 15) is 9.59 Å². The van der Waals surface area contributed by atoms with E-state index >= 15 is 0 Å². The maximum absolute atomic E-state index is 11.8. The van der Waals surface area contributed by atoms with Crippen molar-refractivity contribution in [2.24, 2.45) is 0 Å². The number of nitrogens with one attached hydrogen (secondary N) is 1. The van der Waals surface area contributed by atoms with Crippen LogP contribution in [-0.2, 0) is 11.3 Å². The van der Waals surface area contributed by atoms with Gasteiger partial charge in [0.15, 0.2) is 4.96 Å². The Morgan fingerprint density at radius 3 is 3.00 bits per heavy atom. The van der Waals surface area contributed by atoms with E-state index in [4.69, 9.17) is 5.11 Å². The number of rotatable bonds is 5. The van der Waals surface area contributed by atoms with Crippen LogP contribution in [0, 0.1) is 0 Å². The largest absolute Gasteiger partial charge is 0.480 e. The van der Waals surface area contributed by atoms with Gasteiger partial charge in [-0.2, -0.15) is 0 Å². The Morgan fingerprint density at radius 1 is 1.63 bits per heavy atom. The lowest BCUT2D eigenvalue weighted by Gasteiger charge is -2.24. The molecular formula is C12H15N3O3S. The molecular weight excluding hydrogens is 266 g/mol. The average molecular weight is 281 g/mol.